The molecular formula is C21H22ClN5O2. The maximum atomic E-state index is 12.8. The van der Waals surface area contributed by atoms with Crippen LogP contribution in [0.4, 0.5) is 5.69 Å². The third-order valence-electron chi connectivity index (χ3n) is 5.10. The fraction of sp³-hybridized carbons (Fsp3) is 0.286. The van der Waals surface area contributed by atoms with Crippen LogP contribution in [-0.2, 0) is 4.79 Å². The minimum absolute atomic E-state index is 0.0474. The summed E-state index contributed by atoms with van der Waals surface area (Å²) in [5.41, 5.74) is 2.03. The Hall–Kier alpha value is -2.90. The van der Waals surface area contributed by atoms with Crippen LogP contribution in [0.3, 0.4) is 0 Å². The second kappa shape index (κ2) is 8.63. The van der Waals surface area contributed by atoms with E-state index in [0.29, 0.717) is 42.5 Å². The maximum absolute atomic E-state index is 12.8. The number of nitrogens with zero attached hydrogens (tertiary/aromatic N) is 3. The number of piperazine rings is 1. The second-order valence-electron chi connectivity index (χ2n) is 7.06. The molecule has 3 aromatic rings. The van der Waals surface area contributed by atoms with E-state index < -0.39 is 0 Å². The minimum Gasteiger partial charge on any atom is -0.335 e. The van der Waals surface area contributed by atoms with Crippen LogP contribution >= 0.6 is 11.6 Å². The first-order valence-corrected chi connectivity index (χ1v) is 9.98. The number of rotatable bonds is 5. The largest absolute Gasteiger partial charge is 0.335 e. The lowest BCUT2D eigenvalue weighted by Crippen LogP contribution is -2.49. The minimum atomic E-state index is -0.0548. The van der Waals surface area contributed by atoms with Crippen LogP contribution in [0.15, 0.2) is 48.5 Å². The third kappa shape index (κ3) is 4.58. The van der Waals surface area contributed by atoms with Crippen LogP contribution in [0, 0.1) is 0 Å². The summed E-state index contributed by atoms with van der Waals surface area (Å²) in [7, 11) is 0. The Morgan fingerprint density at radius 3 is 2.66 bits per heavy atom. The molecular weight excluding hydrogens is 390 g/mol. The van der Waals surface area contributed by atoms with Crippen molar-refractivity contribution in [2.24, 2.45) is 0 Å². The van der Waals surface area contributed by atoms with Crippen LogP contribution in [-0.4, -0.2) is 64.5 Å². The summed E-state index contributed by atoms with van der Waals surface area (Å²) in [6.45, 7) is 3.36. The number of anilines is 1. The smallest absolute Gasteiger partial charge is 0.275 e. The molecule has 2 aromatic carbocycles. The average Bonchev–Trinajstić information content (AvgIpc) is 3.16. The van der Waals surface area contributed by atoms with Gasteiger partial charge in [-0.3, -0.25) is 19.6 Å². The summed E-state index contributed by atoms with van der Waals surface area (Å²) in [6, 6.07) is 14.7. The van der Waals surface area contributed by atoms with Gasteiger partial charge in [-0.25, -0.2) is 0 Å². The van der Waals surface area contributed by atoms with Gasteiger partial charge in [0.2, 0.25) is 5.91 Å². The lowest BCUT2D eigenvalue weighted by atomic mass is 10.2. The summed E-state index contributed by atoms with van der Waals surface area (Å²) in [5.74, 6) is -0.102. The molecule has 0 bridgehead atoms. The summed E-state index contributed by atoms with van der Waals surface area (Å²) in [4.78, 5) is 29.0. The van der Waals surface area contributed by atoms with Crippen molar-refractivity contribution < 1.29 is 9.59 Å². The monoisotopic (exact) mass is 411 g/mol. The van der Waals surface area contributed by atoms with Crippen LogP contribution in [0.25, 0.3) is 10.9 Å². The predicted octanol–water partition coefficient (Wildman–Crippen LogP) is 3.00. The fourth-order valence-electron chi connectivity index (χ4n) is 3.50. The van der Waals surface area contributed by atoms with Crippen LogP contribution < -0.4 is 5.32 Å². The van der Waals surface area contributed by atoms with Gasteiger partial charge in [0, 0.05) is 55.2 Å². The number of aromatic nitrogens is 2. The molecule has 7 nitrogen and oxygen atoms in total. The molecule has 4 rings (SSSR count). The van der Waals surface area contributed by atoms with E-state index in [1.807, 2.05) is 35.2 Å². The number of halogens is 1. The third-order valence-corrected chi connectivity index (χ3v) is 5.33. The Kier molecular flexibility index (Phi) is 5.78. The van der Waals surface area contributed by atoms with Gasteiger partial charge in [-0.15, -0.1) is 0 Å². The highest BCUT2D eigenvalue weighted by Gasteiger charge is 2.25. The topological polar surface area (TPSA) is 81.3 Å². The highest BCUT2D eigenvalue weighted by atomic mass is 35.5. The Labute approximate surface area is 173 Å². The van der Waals surface area contributed by atoms with Crippen LogP contribution in [0.5, 0.6) is 0 Å². The molecule has 0 saturated carbocycles. The molecule has 0 atom stereocenters. The summed E-state index contributed by atoms with van der Waals surface area (Å²) < 4.78 is 0. The van der Waals surface area contributed by atoms with E-state index >= 15 is 0 Å². The van der Waals surface area contributed by atoms with Gasteiger partial charge < -0.3 is 10.2 Å². The van der Waals surface area contributed by atoms with E-state index in [4.69, 9.17) is 11.6 Å². The van der Waals surface area contributed by atoms with E-state index in [1.165, 1.54) is 0 Å². The summed E-state index contributed by atoms with van der Waals surface area (Å²) in [5, 5.41) is 11.4. The molecule has 1 fully saturated rings. The number of H-pyrrole nitrogens is 1. The summed E-state index contributed by atoms with van der Waals surface area (Å²) >= 11 is 5.94. The van der Waals surface area contributed by atoms with Gasteiger partial charge in [-0.2, -0.15) is 5.10 Å². The number of benzene rings is 2. The highest BCUT2D eigenvalue weighted by Crippen LogP contribution is 2.18. The van der Waals surface area contributed by atoms with Crippen LogP contribution in [0.2, 0.25) is 5.02 Å². The van der Waals surface area contributed by atoms with Crippen LogP contribution in [0.1, 0.15) is 16.9 Å². The molecule has 0 radical (unpaired) electrons. The number of fused-ring (bicyclic) bond motifs is 1. The fourth-order valence-corrected chi connectivity index (χ4v) is 3.69. The second-order valence-corrected chi connectivity index (χ2v) is 7.50. The Bertz CT molecular complexity index is 1030. The Balaban J connectivity index is 1.26. The molecule has 2 N–H and O–H groups in total. The number of amides is 2. The first kappa shape index (κ1) is 19.4. The molecule has 2 heterocycles. The zero-order chi connectivity index (χ0) is 20.2. The number of nitrogens with one attached hydrogen (secondary N) is 2. The molecule has 1 aliphatic rings. The number of aromatic amines is 1. The summed E-state index contributed by atoms with van der Waals surface area (Å²) in [6.07, 6.45) is 0.393. The zero-order valence-corrected chi connectivity index (χ0v) is 16.7. The quantitative estimate of drug-likeness (QED) is 0.676. The first-order chi connectivity index (χ1) is 14.1. The van der Waals surface area contributed by atoms with Gasteiger partial charge in [0.15, 0.2) is 5.69 Å². The molecule has 1 aliphatic heterocycles. The van der Waals surface area contributed by atoms with Crippen molar-refractivity contribution in [3.63, 3.8) is 0 Å². The van der Waals surface area contributed by atoms with Gasteiger partial charge in [0.1, 0.15) is 0 Å². The lowest BCUT2D eigenvalue weighted by molar-refractivity contribution is -0.116. The van der Waals surface area contributed by atoms with Crippen molar-refractivity contribution in [1.29, 1.82) is 0 Å². The van der Waals surface area contributed by atoms with E-state index in [1.54, 1.807) is 18.2 Å². The van der Waals surface area contributed by atoms with Gasteiger partial charge in [-0.05, 0) is 24.3 Å². The number of para-hydroxylation sites is 1. The molecule has 8 heteroatoms. The van der Waals surface area contributed by atoms with Gasteiger partial charge in [0.25, 0.3) is 5.91 Å². The van der Waals surface area contributed by atoms with Crippen molar-refractivity contribution in [2.45, 2.75) is 6.42 Å². The molecule has 29 heavy (non-hydrogen) atoms. The predicted molar refractivity (Wildman–Crippen MR) is 113 cm³/mol. The lowest BCUT2D eigenvalue weighted by Gasteiger charge is -2.34. The number of hydrogen-bond acceptors (Lipinski definition) is 4. The zero-order valence-electron chi connectivity index (χ0n) is 15.9. The van der Waals surface area contributed by atoms with E-state index in [0.717, 1.165) is 24.0 Å². The normalized spacial score (nSPS) is 14.9. The van der Waals surface area contributed by atoms with Crippen molar-refractivity contribution in [3.05, 3.63) is 59.2 Å². The molecule has 0 spiro atoms. The molecule has 0 aliphatic carbocycles. The number of carbonyl (C=O) groups excluding carboxylic acids is 2. The number of carbonyl (C=O) groups is 2. The molecule has 1 saturated heterocycles. The van der Waals surface area contributed by atoms with Crippen molar-refractivity contribution in [3.8, 4) is 0 Å². The molecule has 1 aromatic heterocycles. The molecule has 150 valence electrons. The van der Waals surface area contributed by atoms with Crippen molar-refractivity contribution in [1.82, 2.24) is 20.0 Å². The average molecular weight is 412 g/mol. The van der Waals surface area contributed by atoms with E-state index in [9.17, 15) is 9.59 Å². The standard InChI is InChI=1S/C21H22ClN5O2/c22-15-4-3-5-16(14-15)23-19(28)8-9-26-10-12-27(13-11-26)21(29)20-17-6-1-2-7-18(17)24-25-20/h1-7,14H,8-13H2,(H,23,28)(H,24,25). The van der Waals surface area contributed by atoms with Crippen molar-refractivity contribution in [2.75, 3.05) is 38.0 Å². The highest BCUT2D eigenvalue weighted by molar-refractivity contribution is 6.30. The number of hydrogen-bond donors (Lipinski definition) is 2. The van der Waals surface area contributed by atoms with E-state index in [2.05, 4.69) is 20.4 Å². The van der Waals surface area contributed by atoms with Gasteiger partial charge in [0.05, 0.1) is 5.52 Å². The van der Waals surface area contributed by atoms with Gasteiger partial charge in [-0.1, -0.05) is 35.9 Å². The molecule has 2 amide bonds. The SMILES string of the molecule is O=C(CCN1CCN(C(=O)c2n[nH]c3ccccc23)CC1)Nc1cccc(Cl)c1. The van der Waals surface area contributed by atoms with Gasteiger partial charge >= 0.3 is 0 Å². The Morgan fingerprint density at radius 2 is 1.86 bits per heavy atom. The van der Waals surface area contributed by atoms with E-state index in [-0.39, 0.29) is 11.8 Å². The van der Waals surface area contributed by atoms with Crippen molar-refractivity contribution >= 4 is 40.0 Å². The maximum Gasteiger partial charge on any atom is 0.275 e. The molecule has 0 unspecified atom stereocenters. The first-order valence-electron chi connectivity index (χ1n) is 9.60. The Morgan fingerprint density at radius 1 is 1.07 bits per heavy atom.